The summed E-state index contributed by atoms with van der Waals surface area (Å²) < 4.78 is 1.76. The number of hydrogen-bond acceptors (Lipinski definition) is 6. The number of nitrogens with one attached hydrogen (secondary N) is 1. The number of thioether (sulfide) groups is 1. The van der Waals surface area contributed by atoms with Crippen LogP contribution in [0.25, 0.3) is 5.69 Å². The fourth-order valence-electron chi connectivity index (χ4n) is 3.54. The largest absolute Gasteiger partial charge is 0.325 e. The third-order valence-electron chi connectivity index (χ3n) is 4.92. The van der Waals surface area contributed by atoms with Gasteiger partial charge in [0.15, 0.2) is 11.0 Å². The van der Waals surface area contributed by atoms with E-state index < -0.39 is 0 Å². The lowest BCUT2D eigenvalue weighted by Crippen LogP contribution is -2.42. The number of carbonyl (C=O) groups excluding carboxylic acids is 1. The lowest BCUT2D eigenvalue weighted by Gasteiger charge is -2.32. The average Bonchev–Trinajstić information content (AvgIpc) is 3.22. The summed E-state index contributed by atoms with van der Waals surface area (Å²) in [6, 6.07) is 16.9. The number of carbonyl (C=O) groups is 1. The van der Waals surface area contributed by atoms with Crippen LogP contribution in [-0.4, -0.2) is 50.4 Å². The predicted octanol–water partition coefficient (Wildman–Crippen LogP) is 4.35. The molecule has 0 atom stereocenters. The Balaban J connectivity index is 1.43. The summed E-state index contributed by atoms with van der Waals surface area (Å²) in [4.78, 5) is 24.2. The van der Waals surface area contributed by atoms with Gasteiger partial charge in [0.2, 0.25) is 5.91 Å². The van der Waals surface area contributed by atoms with E-state index in [1.165, 1.54) is 11.8 Å². The van der Waals surface area contributed by atoms with Gasteiger partial charge in [0.1, 0.15) is 5.84 Å². The highest BCUT2D eigenvalue weighted by molar-refractivity contribution is 8.14. The maximum absolute atomic E-state index is 12.5. The molecule has 0 aliphatic carbocycles. The minimum atomic E-state index is -0.0801. The molecule has 2 aromatic carbocycles. The molecule has 1 aromatic heterocycles. The van der Waals surface area contributed by atoms with Crippen LogP contribution in [0.1, 0.15) is 12.0 Å². The molecule has 0 bridgehead atoms. The van der Waals surface area contributed by atoms with Gasteiger partial charge >= 0.3 is 0 Å². The Labute approximate surface area is 188 Å². The summed E-state index contributed by atoms with van der Waals surface area (Å²) in [5.41, 5.74) is 2.49. The number of benzene rings is 2. The Morgan fingerprint density at radius 1 is 1.16 bits per heavy atom. The summed E-state index contributed by atoms with van der Waals surface area (Å²) in [5, 5.41) is 8.83. The molecule has 0 unspecified atom stereocenters. The number of para-hydroxylation sites is 1. The molecule has 3 aromatic rings. The smallest absolute Gasteiger partial charge is 0.234 e. The third-order valence-corrected chi connectivity index (χ3v) is 6.13. The summed E-state index contributed by atoms with van der Waals surface area (Å²) in [6.07, 6.45) is 2.73. The van der Waals surface area contributed by atoms with Gasteiger partial charge in [-0.2, -0.15) is 5.10 Å². The number of fused-ring (bicyclic) bond motifs is 3. The van der Waals surface area contributed by atoms with Gasteiger partial charge in [-0.25, -0.2) is 9.67 Å². The van der Waals surface area contributed by atoms with E-state index in [4.69, 9.17) is 21.6 Å². The molecule has 1 N–H and O–H groups in total. The summed E-state index contributed by atoms with van der Waals surface area (Å²) in [6.45, 7) is 1.58. The van der Waals surface area contributed by atoms with Crippen molar-refractivity contribution in [2.75, 3.05) is 24.2 Å². The van der Waals surface area contributed by atoms with Crippen molar-refractivity contribution in [3.63, 3.8) is 0 Å². The van der Waals surface area contributed by atoms with Crippen molar-refractivity contribution in [3.8, 4) is 5.69 Å². The molecule has 5 rings (SSSR count). The van der Waals surface area contributed by atoms with Crippen LogP contribution in [0.5, 0.6) is 0 Å². The Hall–Kier alpha value is -3.10. The van der Waals surface area contributed by atoms with Crippen LogP contribution in [0, 0.1) is 0 Å². The van der Waals surface area contributed by atoms with E-state index in [9.17, 15) is 4.79 Å². The molecule has 31 heavy (non-hydrogen) atoms. The maximum atomic E-state index is 12.5. The molecule has 0 saturated carbocycles. The monoisotopic (exact) mass is 450 g/mol. The highest BCUT2D eigenvalue weighted by atomic mass is 35.5. The fourth-order valence-corrected chi connectivity index (χ4v) is 4.54. The molecule has 7 nitrogen and oxygen atoms in total. The van der Waals surface area contributed by atoms with Crippen molar-refractivity contribution < 1.29 is 4.79 Å². The number of amidine groups is 2. The molecule has 2 aliphatic heterocycles. The van der Waals surface area contributed by atoms with E-state index in [0.29, 0.717) is 10.8 Å². The molecule has 0 saturated heterocycles. The Morgan fingerprint density at radius 2 is 2.03 bits per heavy atom. The number of hydrogen-bond donors (Lipinski definition) is 1. The first-order valence-electron chi connectivity index (χ1n) is 9.92. The second-order valence-electron chi connectivity index (χ2n) is 7.08. The normalized spacial score (nSPS) is 14.9. The molecule has 3 heterocycles. The van der Waals surface area contributed by atoms with Crippen LogP contribution in [0.15, 0.2) is 70.8 Å². The molecule has 0 spiro atoms. The van der Waals surface area contributed by atoms with Gasteiger partial charge in [-0.15, -0.1) is 0 Å². The van der Waals surface area contributed by atoms with Crippen LogP contribution in [-0.2, 0) is 4.79 Å². The second-order valence-corrected chi connectivity index (χ2v) is 8.46. The minimum absolute atomic E-state index is 0.0801. The quantitative estimate of drug-likeness (QED) is 0.641. The Morgan fingerprint density at radius 3 is 2.87 bits per heavy atom. The van der Waals surface area contributed by atoms with Gasteiger partial charge < -0.3 is 10.2 Å². The Kier molecular flexibility index (Phi) is 5.48. The maximum Gasteiger partial charge on any atom is 0.234 e. The number of halogens is 1. The van der Waals surface area contributed by atoms with Crippen molar-refractivity contribution >= 4 is 51.8 Å². The zero-order chi connectivity index (χ0) is 21.2. The van der Waals surface area contributed by atoms with Crippen LogP contribution >= 0.6 is 23.4 Å². The van der Waals surface area contributed by atoms with Crippen molar-refractivity contribution in [1.82, 2.24) is 14.7 Å². The highest BCUT2D eigenvalue weighted by Gasteiger charge is 2.31. The van der Waals surface area contributed by atoms with Gasteiger partial charge in [0.05, 0.1) is 23.2 Å². The standard InChI is InChI=1S/C22H19ClN6OS/c23-15-6-4-9-17(12-15)29-21-18(13-25-29)20-24-10-5-11-28(20)22(27-21)31-14-19(30)26-16-7-2-1-3-8-16/h1-4,6-9,12-13H,5,10-11,14H2,(H,26,30). The number of rotatable bonds is 4. The number of nitrogens with zero attached hydrogens (tertiary/aromatic N) is 5. The van der Waals surface area contributed by atoms with E-state index in [2.05, 4.69) is 15.3 Å². The summed E-state index contributed by atoms with van der Waals surface area (Å²) >= 11 is 7.58. The van der Waals surface area contributed by atoms with Crippen LogP contribution < -0.4 is 5.32 Å². The van der Waals surface area contributed by atoms with E-state index in [1.807, 2.05) is 54.6 Å². The van der Waals surface area contributed by atoms with E-state index in [-0.39, 0.29) is 11.7 Å². The lowest BCUT2D eigenvalue weighted by atomic mass is 10.2. The second kappa shape index (κ2) is 8.56. The van der Waals surface area contributed by atoms with Crippen molar-refractivity contribution in [3.05, 3.63) is 71.4 Å². The van der Waals surface area contributed by atoms with Gasteiger partial charge in [0, 0.05) is 23.8 Å². The predicted molar refractivity (Wildman–Crippen MR) is 126 cm³/mol. The fraction of sp³-hybridized carbons (Fsp3) is 0.182. The van der Waals surface area contributed by atoms with Crippen LogP contribution in [0.2, 0.25) is 5.02 Å². The van der Waals surface area contributed by atoms with Gasteiger partial charge in [-0.1, -0.05) is 47.6 Å². The Bertz CT molecular complexity index is 1190. The molecule has 0 fully saturated rings. The molecular formula is C22H19ClN6OS. The molecule has 2 aliphatic rings. The molecule has 156 valence electrons. The first kappa shape index (κ1) is 19.8. The van der Waals surface area contributed by atoms with Crippen molar-refractivity contribution in [2.24, 2.45) is 9.98 Å². The molecule has 9 heteroatoms. The van der Waals surface area contributed by atoms with Gasteiger partial charge in [-0.05, 0) is 36.8 Å². The van der Waals surface area contributed by atoms with Crippen molar-refractivity contribution in [2.45, 2.75) is 6.42 Å². The highest BCUT2D eigenvalue weighted by Crippen LogP contribution is 2.33. The zero-order valence-electron chi connectivity index (χ0n) is 16.5. The topological polar surface area (TPSA) is 74.9 Å². The van der Waals surface area contributed by atoms with E-state index in [0.717, 1.165) is 47.5 Å². The molecule has 0 radical (unpaired) electrons. The van der Waals surface area contributed by atoms with Crippen molar-refractivity contribution in [1.29, 1.82) is 0 Å². The van der Waals surface area contributed by atoms with Crippen LogP contribution in [0.4, 0.5) is 11.5 Å². The molecular weight excluding hydrogens is 432 g/mol. The van der Waals surface area contributed by atoms with Crippen LogP contribution in [0.3, 0.4) is 0 Å². The first-order chi connectivity index (χ1) is 15.2. The third kappa shape index (κ3) is 4.08. The lowest BCUT2D eigenvalue weighted by molar-refractivity contribution is -0.113. The van der Waals surface area contributed by atoms with Gasteiger partial charge in [-0.3, -0.25) is 9.79 Å². The molecule has 1 amide bonds. The number of aliphatic imine (C=N–C) groups is 2. The number of anilines is 1. The SMILES string of the molecule is O=C(CSC1=Nc2c(cnn2-c2cccc(Cl)c2)C2=NCCCN12)Nc1ccccc1. The summed E-state index contributed by atoms with van der Waals surface area (Å²) in [5.74, 6) is 1.72. The first-order valence-corrected chi connectivity index (χ1v) is 11.3. The van der Waals surface area contributed by atoms with Gasteiger partial charge in [0.25, 0.3) is 0 Å². The van der Waals surface area contributed by atoms with E-state index >= 15 is 0 Å². The minimum Gasteiger partial charge on any atom is -0.325 e. The number of aromatic nitrogens is 2. The van der Waals surface area contributed by atoms with E-state index in [1.54, 1.807) is 10.9 Å². The zero-order valence-corrected chi connectivity index (χ0v) is 18.1. The summed E-state index contributed by atoms with van der Waals surface area (Å²) in [7, 11) is 0. The average molecular weight is 451 g/mol. The number of amides is 1.